The number of carboxylic acid groups (broad SMARTS) is 1. The van der Waals surface area contributed by atoms with Crippen molar-refractivity contribution in [1.82, 2.24) is 9.88 Å². The largest absolute Gasteiger partial charge is 0.0102 e. The van der Waals surface area contributed by atoms with E-state index in [-0.39, 0.29) is 11.8 Å². The second-order valence-electron chi connectivity index (χ2n) is 8.45. The fraction of sp³-hybridized carbons (Fsp3) is 0.440. The first-order chi connectivity index (χ1) is 16.0. The van der Waals surface area contributed by atoms with Crippen molar-refractivity contribution in [2.45, 2.75) is 29.1 Å². The summed E-state index contributed by atoms with van der Waals surface area (Å²) in [5, 5.41) is 21.7. The van der Waals surface area contributed by atoms with E-state index in [1.54, 1.807) is 13.3 Å². The van der Waals surface area contributed by atoms with Gasteiger partial charge in [-0.25, -0.2) is 0 Å². The van der Waals surface area contributed by atoms with Crippen molar-refractivity contribution in [3.63, 3.8) is 0 Å². The molecule has 0 radical (unpaired) electrons. The van der Waals surface area contributed by atoms with Crippen molar-refractivity contribution in [3.8, 4) is 5.75 Å². The Morgan fingerprint density at radius 2 is 2.24 bits per heavy atom. The third-order valence-corrected chi connectivity index (χ3v) is 9.89. The van der Waals surface area contributed by atoms with Crippen LogP contribution in [0.5, 0.6) is 5.75 Å². The van der Waals surface area contributed by atoms with E-state index in [1.807, 2.05) is 36.0 Å². The number of hydrogen-bond acceptors (Lipinski definition) is 6. The fourth-order valence-electron chi connectivity index (χ4n) is 4.61. The SMILES string of the molecule is COc1ccc2nccc([C@@H](O)CC[C@@H]3CCN(CCSc4ccc[se]4)C[C@@H]3C(=O)O)c2c1. The molecule has 3 aromatic rings. The van der Waals surface area contributed by atoms with Crippen LogP contribution in [-0.4, -0.2) is 73.1 Å². The summed E-state index contributed by atoms with van der Waals surface area (Å²) in [5.41, 5.74) is 1.63. The van der Waals surface area contributed by atoms with Gasteiger partial charge in [0.1, 0.15) is 5.75 Å². The maximum Gasteiger partial charge on any atom is 0.00964 e. The molecule has 3 heterocycles. The van der Waals surface area contributed by atoms with Crippen molar-refractivity contribution in [2.75, 3.05) is 32.5 Å². The number of hydrogen-bond donors (Lipinski definition) is 2. The Morgan fingerprint density at radius 1 is 1.36 bits per heavy atom. The number of carboxylic acids is 1. The van der Waals surface area contributed by atoms with Crippen LogP contribution in [0.15, 0.2) is 51.3 Å². The quantitative estimate of drug-likeness (QED) is 0.302. The van der Waals surface area contributed by atoms with Gasteiger partial charge in [-0.3, -0.25) is 4.98 Å². The van der Waals surface area contributed by atoms with Crippen molar-refractivity contribution in [2.24, 2.45) is 11.8 Å². The molecule has 0 bridgehead atoms. The molecule has 2 N–H and O–H groups in total. The zero-order valence-electron chi connectivity index (χ0n) is 18.7. The van der Waals surface area contributed by atoms with Crippen molar-refractivity contribution < 1.29 is 19.7 Å². The van der Waals surface area contributed by atoms with Gasteiger partial charge in [-0.05, 0) is 24.3 Å². The van der Waals surface area contributed by atoms with Crippen LogP contribution in [-0.2, 0) is 4.79 Å². The number of methoxy groups -OCH3 is 1. The van der Waals surface area contributed by atoms with Gasteiger partial charge in [0.15, 0.2) is 0 Å². The van der Waals surface area contributed by atoms with Crippen molar-refractivity contribution in [3.05, 3.63) is 53.1 Å². The number of aliphatic hydroxyl groups is 1. The molecule has 1 aromatic carbocycles. The third kappa shape index (κ3) is 6.19. The van der Waals surface area contributed by atoms with Gasteiger partial charge < -0.3 is 4.74 Å². The minimum atomic E-state index is -0.725. The third-order valence-electron chi connectivity index (χ3n) is 6.46. The molecule has 1 saturated heterocycles. The average Bonchev–Trinajstić information content (AvgIpc) is 3.35. The number of ether oxygens (including phenoxy) is 1. The summed E-state index contributed by atoms with van der Waals surface area (Å²) in [6.07, 6.45) is 3.12. The van der Waals surface area contributed by atoms with E-state index < -0.39 is 12.1 Å². The number of aliphatic hydroxyl groups excluding tert-OH is 1. The standard InChI is InChI=1S/C25H30N2O4SSe/c1-31-18-5-6-22-20(15-18)19(8-10-26-22)23(28)7-4-17-9-11-27(16-21(17)25(29)30)12-13-32-24-3-2-14-33-24/h2-3,5-6,8,10,14-15,17,21,23,28H,4,7,9,11-13,16H2,1H3,(H,29,30)/t17-,21+,23+/m1/s1. The number of nitrogens with zero attached hydrogens (tertiary/aromatic N) is 2. The van der Waals surface area contributed by atoms with E-state index in [2.05, 4.69) is 27.0 Å². The molecular formula is C25H30N2O4SSe. The molecule has 0 aliphatic carbocycles. The number of fused-ring (bicyclic) bond motifs is 1. The summed E-state index contributed by atoms with van der Waals surface area (Å²) in [4.78, 5) is 20.9. The van der Waals surface area contributed by atoms with Crippen LogP contribution in [0.4, 0.5) is 0 Å². The molecule has 0 saturated carbocycles. The zero-order valence-corrected chi connectivity index (χ0v) is 21.3. The van der Waals surface area contributed by atoms with E-state index >= 15 is 0 Å². The number of aromatic nitrogens is 1. The maximum absolute atomic E-state index is 12.0. The van der Waals surface area contributed by atoms with Gasteiger partial charge in [-0.1, -0.05) is 0 Å². The van der Waals surface area contributed by atoms with Crippen molar-refractivity contribution >= 4 is 43.1 Å². The Bertz CT molecular complexity index is 1060. The first-order valence-electron chi connectivity index (χ1n) is 11.3. The van der Waals surface area contributed by atoms with Crippen LogP contribution in [0.25, 0.3) is 10.9 Å². The van der Waals surface area contributed by atoms with E-state index in [4.69, 9.17) is 4.74 Å². The van der Waals surface area contributed by atoms with Crippen molar-refractivity contribution in [1.29, 1.82) is 0 Å². The van der Waals surface area contributed by atoms with E-state index in [9.17, 15) is 15.0 Å². The summed E-state index contributed by atoms with van der Waals surface area (Å²) in [7, 11) is 1.62. The number of aliphatic carboxylic acids is 1. The topological polar surface area (TPSA) is 82.9 Å². The Hall–Kier alpha value is -1.83. The number of benzene rings is 1. The zero-order chi connectivity index (χ0) is 23.2. The summed E-state index contributed by atoms with van der Waals surface area (Å²) in [6, 6.07) is 11.8. The van der Waals surface area contributed by atoms with Crippen LogP contribution in [0.2, 0.25) is 0 Å². The molecule has 8 heteroatoms. The molecule has 6 nitrogen and oxygen atoms in total. The number of rotatable bonds is 10. The van der Waals surface area contributed by atoms with E-state index in [0.29, 0.717) is 33.9 Å². The Labute approximate surface area is 204 Å². The van der Waals surface area contributed by atoms with Crippen LogP contribution in [0.1, 0.15) is 30.9 Å². The predicted molar refractivity (Wildman–Crippen MR) is 132 cm³/mol. The number of piperidine rings is 1. The monoisotopic (exact) mass is 534 g/mol. The first kappa shape index (κ1) is 24.3. The van der Waals surface area contributed by atoms with E-state index in [1.165, 1.54) is 3.77 Å². The normalized spacial score (nSPS) is 20.1. The van der Waals surface area contributed by atoms with Gasteiger partial charge >= 0.3 is 141 Å². The number of carbonyl (C=O) groups is 1. The summed E-state index contributed by atoms with van der Waals surface area (Å²) < 4.78 is 6.78. The molecule has 0 amide bonds. The molecule has 0 spiro atoms. The second-order valence-corrected chi connectivity index (χ2v) is 12.2. The molecule has 1 aliphatic rings. The molecule has 2 aromatic heterocycles. The molecule has 1 fully saturated rings. The van der Waals surface area contributed by atoms with Crippen LogP contribution in [0, 0.1) is 11.8 Å². The minimum Gasteiger partial charge on any atom is -0.0102 e. The molecule has 3 atom stereocenters. The smallest absolute Gasteiger partial charge is 0.00964 e. The Morgan fingerprint density at radius 3 is 3.00 bits per heavy atom. The Balaban J connectivity index is 1.34. The Kier molecular flexibility index (Phi) is 8.50. The van der Waals surface area contributed by atoms with E-state index in [0.717, 1.165) is 47.5 Å². The molecule has 176 valence electrons. The number of likely N-dealkylation sites (tertiary alicyclic amines) is 1. The number of pyridine rings is 1. The fourth-order valence-corrected chi connectivity index (χ4v) is 7.58. The summed E-state index contributed by atoms with van der Waals surface area (Å²) in [6.45, 7) is 2.43. The molecule has 33 heavy (non-hydrogen) atoms. The maximum atomic E-state index is 12.0. The van der Waals surface area contributed by atoms with Crippen LogP contribution < -0.4 is 4.74 Å². The van der Waals surface area contributed by atoms with Gasteiger partial charge in [0.25, 0.3) is 0 Å². The molecule has 0 unspecified atom stereocenters. The van der Waals surface area contributed by atoms with Gasteiger partial charge in [0.2, 0.25) is 0 Å². The van der Waals surface area contributed by atoms with Crippen LogP contribution >= 0.6 is 11.8 Å². The summed E-state index contributed by atoms with van der Waals surface area (Å²) in [5.74, 6) is 0.693. The molecule has 1 aliphatic heterocycles. The van der Waals surface area contributed by atoms with Gasteiger partial charge in [0, 0.05) is 11.6 Å². The summed E-state index contributed by atoms with van der Waals surface area (Å²) >= 11 is 2.37. The predicted octanol–water partition coefficient (Wildman–Crippen LogP) is 3.93. The molecular weight excluding hydrogens is 503 g/mol. The van der Waals surface area contributed by atoms with Gasteiger partial charge in [-0.2, -0.15) is 0 Å². The van der Waals surface area contributed by atoms with Gasteiger partial charge in [0.05, 0.1) is 12.6 Å². The first-order valence-corrected chi connectivity index (χ1v) is 14.1. The molecule has 4 rings (SSSR count). The van der Waals surface area contributed by atoms with Crippen LogP contribution in [0.3, 0.4) is 0 Å². The van der Waals surface area contributed by atoms with Gasteiger partial charge in [-0.15, -0.1) is 0 Å². The number of thioether (sulfide) groups is 1. The minimum absolute atomic E-state index is 0.0776. The average molecular weight is 534 g/mol. The second kappa shape index (κ2) is 11.5.